The van der Waals surface area contributed by atoms with Gasteiger partial charge in [0.1, 0.15) is 0 Å². The molecule has 2 aliphatic rings. The molecule has 29 heavy (non-hydrogen) atoms. The normalized spacial score (nSPS) is 26.3. The van der Waals surface area contributed by atoms with E-state index in [0.717, 1.165) is 37.2 Å². The molecule has 4 rings (SSSR count). The van der Waals surface area contributed by atoms with Gasteiger partial charge in [0.15, 0.2) is 0 Å². The van der Waals surface area contributed by atoms with E-state index in [9.17, 15) is 4.79 Å². The van der Waals surface area contributed by atoms with Gasteiger partial charge in [-0.05, 0) is 70.3 Å². The zero-order valence-corrected chi connectivity index (χ0v) is 17.9. The Labute approximate surface area is 174 Å². The highest BCUT2D eigenvalue weighted by atomic mass is 16.2. The van der Waals surface area contributed by atoms with Crippen molar-refractivity contribution in [3.05, 3.63) is 65.7 Å². The standard InChI is InChI=1S/C25H33N3O/c1-4-28(5-2)24(29)19-10-9-13-21(16-19)26-22-17-23-14-15-25(18-22,27(23)3)20-11-7-6-8-12-20/h6-13,16,22-23,26H,4-5,14-15,17-18H2,1-3H3. The molecule has 2 aromatic carbocycles. The van der Waals surface area contributed by atoms with Crippen LogP contribution in [0.3, 0.4) is 0 Å². The number of benzene rings is 2. The van der Waals surface area contributed by atoms with E-state index in [4.69, 9.17) is 0 Å². The van der Waals surface area contributed by atoms with E-state index in [2.05, 4.69) is 53.7 Å². The fourth-order valence-corrected chi connectivity index (χ4v) is 5.46. The molecule has 4 nitrogen and oxygen atoms in total. The van der Waals surface area contributed by atoms with Gasteiger partial charge in [-0.3, -0.25) is 9.69 Å². The second-order valence-corrected chi connectivity index (χ2v) is 8.54. The Balaban J connectivity index is 1.54. The molecule has 0 spiro atoms. The summed E-state index contributed by atoms with van der Waals surface area (Å²) in [5.41, 5.74) is 3.38. The second-order valence-electron chi connectivity index (χ2n) is 8.54. The number of carbonyl (C=O) groups is 1. The predicted octanol–water partition coefficient (Wildman–Crippen LogP) is 4.73. The van der Waals surface area contributed by atoms with Crippen molar-refractivity contribution in [3.8, 4) is 0 Å². The van der Waals surface area contributed by atoms with Crippen LogP contribution >= 0.6 is 0 Å². The maximum atomic E-state index is 12.7. The van der Waals surface area contributed by atoms with Crippen molar-refractivity contribution >= 4 is 11.6 Å². The number of piperidine rings is 1. The van der Waals surface area contributed by atoms with Crippen LogP contribution in [-0.4, -0.2) is 47.9 Å². The third-order valence-corrected chi connectivity index (χ3v) is 7.10. The minimum absolute atomic E-state index is 0.114. The lowest BCUT2D eigenvalue weighted by Crippen LogP contribution is -2.51. The predicted molar refractivity (Wildman–Crippen MR) is 119 cm³/mol. The van der Waals surface area contributed by atoms with E-state index in [-0.39, 0.29) is 11.4 Å². The second kappa shape index (κ2) is 8.19. The zero-order chi connectivity index (χ0) is 20.4. The first kappa shape index (κ1) is 20.0. The Morgan fingerprint density at radius 3 is 2.62 bits per heavy atom. The number of amides is 1. The number of carbonyl (C=O) groups excluding carboxylic acids is 1. The monoisotopic (exact) mass is 391 g/mol. The fraction of sp³-hybridized carbons (Fsp3) is 0.480. The van der Waals surface area contributed by atoms with E-state index >= 15 is 0 Å². The molecule has 1 N–H and O–H groups in total. The molecule has 3 unspecified atom stereocenters. The number of hydrogen-bond donors (Lipinski definition) is 1. The Hall–Kier alpha value is -2.33. The summed E-state index contributed by atoms with van der Waals surface area (Å²) in [6, 6.07) is 20.0. The first-order chi connectivity index (χ1) is 14.1. The van der Waals surface area contributed by atoms with Gasteiger partial charge in [0.2, 0.25) is 0 Å². The highest BCUT2D eigenvalue weighted by Crippen LogP contribution is 2.50. The summed E-state index contributed by atoms with van der Waals surface area (Å²) in [7, 11) is 2.30. The van der Waals surface area contributed by atoms with E-state index in [0.29, 0.717) is 12.1 Å². The molecule has 2 aromatic rings. The van der Waals surface area contributed by atoms with Crippen molar-refractivity contribution in [2.75, 3.05) is 25.5 Å². The molecule has 2 aliphatic heterocycles. The van der Waals surface area contributed by atoms with Gasteiger partial charge in [-0.25, -0.2) is 0 Å². The number of nitrogens with zero attached hydrogens (tertiary/aromatic N) is 2. The van der Waals surface area contributed by atoms with Crippen LogP contribution in [0.4, 0.5) is 5.69 Å². The summed E-state index contributed by atoms with van der Waals surface area (Å²) in [6.45, 7) is 5.54. The van der Waals surface area contributed by atoms with Crippen LogP contribution in [0.1, 0.15) is 55.5 Å². The highest BCUT2D eigenvalue weighted by molar-refractivity contribution is 5.95. The molecule has 4 heteroatoms. The Kier molecular flexibility index (Phi) is 5.64. The minimum Gasteiger partial charge on any atom is -0.382 e. The van der Waals surface area contributed by atoms with Crippen LogP contribution in [0.2, 0.25) is 0 Å². The molecule has 0 aromatic heterocycles. The van der Waals surface area contributed by atoms with Gasteiger partial charge >= 0.3 is 0 Å². The number of fused-ring (bicyclic) bond motifs is 2. The van der Waals surface area contributed by atoms with Gasteiger partial charge in [0, 0.05) is 42.0 Å². The van der Waals surface area contributed by atoms with Crippen LogP contribution in [0, 0.1) is 0 Å². The molecule has 154 valence electrons. The first-order valence-electron chi connectivity index (χ1n) is 11.0. The van der Waals surface area contributed by atoms with Crippen molar-refractivity contribution in [2.45, 2.75) is 57.2 Å². The topological polar surface area (TPSA) is 35.6 Å². The molecule has 2 saturated heterocycles. The van der Waals surface area contributed by atoms with Gasteiger partial charge < -0.3 is 10.2 Å². The van der Waals surface area contributed by atoms with Crippen molar-refractivity contribution in [1.82, 2.24) is 9.80 Å². The maximum Gasteiger partial charge on any atom is 0.253 e. The molecule has 0 saturated carbocycles. The van der Waals surface area contributed by atoms with Crippen molar-refractivity contribution in [2.24, 2.45) is 0 Å². The number of nitrogens with one attached hydrogen (secondary N) is 1. The van der Waals surface area contributed by atoms with E-state index in [1.54, 1.807) is 0 Å². The Morgan fingerprint density at radius 1 is 1.14 bits per heavy atom. The lowest BCUT2D eigenvalue weighted by atomic mass is 9.80. The maximum absolute atomic E-state index is 12.7. The van der Waals surface area contributed by atoms with Crippen molar-refractivity contribution < 1.29 is 4.79 Å². The lowest BCUT2D eigenvalue weighted by molar-refractivity contribution is 0.0731. The number of rotatable bonds is 6. The summed E-state index contributed by atoms with van der Waals surface area (Å²) in [5, 5.41) is 3.77. The zero-order valence-electron chi connectivity index (χ0n) is 17.9. The molecular weight excluding hydrogens is 358 g/mol. The molecule has 0 aliphatic carbocycles. The summed E-state index contributed by atoms with van der Waals surface area (Å²) in [5.74, 6) is 0.114. The van der Waals surface area contributed by atoms with Crippen LogP contribution in [0.15, 0.2) is 54.6 Å². The fourth-order valence-electron chi connectivity index (χ4n) is 5.46. The molecule has 0 radical (unpaired) electrons. The summed E-state index contributed by atoms with van der Waals surface area (Å²) in [4.78, 5) is 17.2. The van der Waals surface area contributed by atoms with E-state index in [1.165, 1.54) is 18.4 Å². The van der Waals surface area contributed by atoms with Crippen LogP contribution in [0.5, 0.6) is 0 Å². The molecule has 2 bridgehead atoms. The van der Waals surface area contributed by atoms with Gasteiger partial charge in [-0.2, -0.15) is 0 Å². The molecule has 2 fully saturated rings. The third-order valence-electron chi connectivity index (χ3n) is 7.10. The number of anilines is 1. The van der Waals surface area contributed by atoms with Crippen molar-refractivity contribution in [1.29, 1.82) is 0 Å². The molecule has 1 amide bonds. The average molecular weight is 392 g/mol. The van der Waals surface area contributed by atoms with Crippen LogP contribution < -0.4 is 5.32 Å². The summed E-state index contributed by atoms with van der Waals surface area (Å²) in [6.07, 6.45) is 4.72. The van der Waals surface area contributed by atoms with Crippen LogP contribution in [0.25, 0.3) is 0 Å². The largest absolute Gasteiger partial charge is 0.382 e. The lowest BCUT2D eigenvalue weighted by Gasteiger charge is -2.46. The van der Waals surface area contributed by atoms with E-state index < -0.39 is 0 Å². The molecule has 3 atom stereocenters. The van der Waals surface area contributed by atoms with Gasteiger partial charge in [0.25, 0.3) is 5.91 Å². The van der Waals surface area contributed by atoms with E-state index in [1.807, 2.05) is 36.9 Å². The van der Waals surface area contributed by atoms with Gasteiger partial charge in [-0.15, -0.1) is 0 Å². The van der Waals surface area contributed by atoms with Crippen molar-refractivity contribution in [3.63, 3.8) is 0 Å². The Morgan fingerprint density at radius 2 is 1.90 bits per heavy atom. The van der Waals surface area contributed by atoms with Gasteiger partial charge in [0.05, 0.1) is 0 Å². The third kappa shape index (κ3) is 3.66. The number of hydrogen-bond acceptors (Lipinski definition) is 3. The smallest absolute Gasteiger partial charge is 0.253 e. The highest BCUT2D eigenvalue weighted by Gasteiger charge is 2.50. The molecular formula is C25H33N3O. The SMILES string of the molecule is CCN(CC)C(=O)c1cccc(NC2CC3CCC(c4ccccc4)(C2)N3C)c1. The first-order valence-corrected chi connectivity index (χ1v) is 11.0. The summed E-state index contributed by atoms with van der Waals surface area (Å²) >= 11 is 0. The summed E-state index contributed by atoms with van der Waals surface area (Å²) < 4.78 is 0. The van der Waals surface area contributed by atoms with Crippen LogP contribution in [-0.2, 0) is 5.54 Å². The van der Waals surface area contributed by atoms with Gasteiger partial charge in [-0.1, -0.05) is 36.4 Å². The minimum atomic E-state index is 0.114. The molecule has 2 heterocycles. The Bertz CT molecular complexity index is 848. The quantitative estimate of drug-likeness (QED) is 0.773. The average Bonchev–Trinajstić information content (AvgIpc) is 2.94.